The van der Waals surface area contributed by atoms with Crippen LogP contribution in [-0.4, -0.2) is 0 Å². The van der Waals surface area contributed by atoms with Crippen molar-refractivity contribution >= 4 is 0 Å². The van der Waals surface area contributed by atoms with Gasteiger partial charge in [-0.3, -0.25) is 0 Å². The van der Waals surface area contributed by atoms with E-state index in [1.54, 1.807) is 0 Å². The van der Waals surface area contributed by atoms with Crippen molar-refractivity contribution in [3.8, 4) is 0 Å². The van der Waals surface area contributed by atoms with Crippen molar-refractivity contribution in [2.75, 3.05) is 0 Å². The van der Waals surface area contributed by atoms with E-state index < -0.39 is 0 Å². The van der Waals surface area contributed by atoms with Gasteiger partial charge in [-0.1, -0.05) is 13.8 Å². The van der Waals surface area contributed by atoms with Crippen LogP contribution in [0.4, 0.5) is 0 Å². The van der Waals surface area contributed by atoms with Crippen molar-refractivity contribution in [3.63, 3.8) is 0 Å². The van der Waals surface area contributed by atoms with E-state index in [-0.39, 0.29) is 0 Å². The van der Waals surface area contributed by atoms with Crippen LogP contribution >= 0.6 is 0 Å². The molecule has 0 aliphatic carbocycles. The molecule has 52 valence electrons. The van der Waals surface area contributed by atoms with Gasteiger partial charge in [-0.2, -0.15) is 0 Å². The third-order valence-electron chi connectivity index (χ3n) is 1.17. The normalized spacial score (nSPS) is 8.89. The first-order valence-electron chi connectivity index (χ1n) is 3.63. The van der Waals surface area contributed by atoms with Gasteiger partial charge in [0, 0.05) is 0 Å². The molecule has 0 aromatic rings. The van der Waals surface area contributed by atoms with Crippen molar-refractivity contribution in [1.29, 1.82) is 0 Å². The molecule has 0 radical (unpaired) electrons. The Labute approximate surface area is 58.3 Å². The zero-order valence-corrected chi connectivity index (χ0v) is 6.65. The van der Waals surface area contributed by atoms with E-state index in [9.17, 15) is 0 Å². The Hall–Kier alpha value is -0.480. The molecule has 0 aliphatic heterocycles. The largest absolute Gasteiger partial charge is 0.130 e. The smallest absolute Gasteiger partial charge is 0.0272 e. The lowest BCUT2D eigenvalue weighted by molar-refractivity contribution is 0.594. The standard InChI is InChI=1S/C9H16/c1-4-5-6-7-8-9(2)3/h4,6,9H,7-8H2,1-3H3. The van der Waals surface area contributed by atoms with E-state index >= 15 is 0 Å². The summed E-state index contributed by atoms with van der Waals surface area (Å²) in [6.07, 6.45) is 6.49. The van der Waals surface area contributed by atoms with E-state index in [2.05, 4.69) is 25.7 Å². The van der Waals surface area contributed by atoms with Crippen molar-refractivity contribution in [2.24, 2.45) is 5.92 Å². The fourth-order valence-electron chi connectivity index (χ4n) is 0.618. The number of rotatable bonds is 3. The Bertz CT molecular complexity index is 103. The Morgan fingerprint density at radius 1 is 1.44 bits per heavy atom. The molecule has 0 aromatic carbocycles. The predicted octanol–water partition coefficient (Wildman–Crippen LogP) is 3.15. The van der Waals surface area contributed by atoms with Crippen LogP contribution in [0.25, 0.3) is 0 Å². The molecule has 0 aliphatic rings. The molecule has 0 N–H and O–H groups in total. The maximum atomic E-state index is 3.05. The molecule has 0 saturated carbocycles. The summed E-state index contributed by atoms with van der Waals surface area (Å²) >= 11 is 0. The van der Waals surface area contributed by atoms with Gasteiger partial charge in [-0.25, -0.2) is 0 Å². The van der Waals surface area contributed by atoms with Gasteiger partial charge in [0.25, 0.3) is 0 Å². The van der Waals surface area contributed by atoms with Gasteiger partial charge in [0.05, 0.1) is 0 Å². The lowest BCUT2D eigenvalue weighted by Crippen LogP contribution is -1.82. The van der Waals surface area contributed by atoms with Gasteiger partial charge in [-0.05, 0) is 37.8 Å². The minimum atomic E-state index is 0.819. The van der Waals surface area contributed by atoms with E-state index in [1.807, 2.05) is 13.0 Å². The maximum Gasteiger partial charge on any atom is -0.0272 e. The highest BCUT2D eigenvalue weighted by atomic mass is 13.9. The highest BCUT2D eigenvalue weighted by Crippen LogP contribution is 2.02. The number of allylic oxidation sites excluding steroid dienone is 1. The average Bonchev–Trinajstić information content (AvgIpc) is 1.80. The fourth-order valence-corrected chi connectivity index (χ4v) is 0.618. The summed E-state index contributed by atoms with van der Waals surface area (Å²) in [6.45, 7) is 6.47. The molecule has 0 aromatic heterocycles. The minimum absolute atomic E-state index is 0.819. The second kappa shape index (κ2) is 5.65. The van der Waals surface area contributed by atoms with Crippen LogP contribution in [0.3, 0.4) is 0 Å². The molecule has 0 heterocycles. The Morgan fingerprint density at radius 2 is 2.11 bits per heavy atom. The van der Waals surface area contributed by atoms with Gasteiger partial charge in [0.2, 0.25) is 0 Å². The SMILES string of the molecule is CC=C=CCCC(C)C. The van der Waals surface area contributed by atoms with Gasteiger partial charge in [0.1, 0.15) is 0 Å². The molecular weight excluding hydrogens is 108 g/mol. The second-order valence-electron chi connectivity index (χ2n) is 2.63. The molecule has 0 saturated heterocycles. The van der Waals surface area contributed by atoms with Crippen molar-refractivity contribution < 1.29 is 0 Å². The van der Waals surface area contributed by atoms with Gasteiger partial charge in [-0.15, -0.1) is 5.73 Å². The summed E-state index contributed by atoms with van der Waals surface area (Å²) in [4.78, 5) is 0. The summed E-state index contributed by atoms with van der Waals surface area (Å²) < 4.78 is 0. The first kappa shape index (κ1) is 8.52. The fraction of sp³-hybridized carbons (Fsp3) is 0.667. The molecule has 0 nitrogen and oxygen atoms in total. The Kier molecular flexibility index (Phi) is 5.35. The molecule has 0 rings (SSSR count). The summed E-state index contributed by atoms with van der Waals surface area (Å²) in [7, 11) is 0. The molecular formula is C9H16. The van der Waals surface area contributed by atoms with Gasteiger partial charge < -0.3 is 0 Å². The number of hydrogen-bond donors (Lipinski definition) is 0. The van der Waals surface area contributed by atoms with E-state index in [0.29, 0.717) is 0 Å². The molecule has 0 heteroatoms. The van der Waals surface area contributed by atoms with Crippen LogP contribution in [0.15, 0.2) is 17.9 Å². The van der Waals surface area contributed by atoms with Crippen LogP contribution in [0.5, 0.6) is 0 Å². The highest BCUT2D eigenvalue weighted by Gasteiger charge is 1.87. The van der Waals surface area contributed by atoms with Crippen molar-refractivity contribution in [1.82, 2.24) is 0 Å². The maximum absolute atomic E-state index is 3.05. The lowest BCUT2D eigenvalue weighted by atomic mass is 10.1. The molecule has 0 atom stereocenters. The first-order valence-corrected chi connectivity index (χ1v) is 3.63. The summed E-state index contributed by atoms with van der Waals surface area (Å²) in [5.74, 6) is 0.819. The predicted molar refractivity (Wildman–Crippen MR) is 42.4 cm³/mol. The first-order chi connectivity index (χ1) is 4.27. The average molecular weight is 124 g/mol. The van der Waals surface area contributed by atoms with Crippen LogP contribution < -0.4 is 0 Å². The molecule has 9 heavy (non-hydrogen) atoms. The summed E-state index contributed by atoms with van der Waals surface area (Å²) in [5, 5.41) is 0. The van der Waals surface area contributed by atoms with Crippen LogP contribution in [0.2, 0.25) is 0 Å². The van der Waals surface area contributed by atoms with Crippen molar-refractivity contribution in [3.05, 3.63) is 17.9 Å². The zero-order valence-electron chi connectivity index (χ0n) is 6.65. The number of hydrogen-bond acceptors (Lipinski definition) is 0. The minimum Gasteiger partial charge on any atom is -0.130 e. The van der Waals surface area contributed by atoms with Crippen LogP contribution in [0, 0.1) is 5.92 Å². The monoisotopic (exact) mass is 124 g/mol. The Morgan fingerprint density at radius 3 is 2.56 bits per heavy atom. The quantitative estimate of drug-likeness (QED) is 0.507. The lowest BCUT2D eigenvalue weighted by Gasteiger charge is -1.96. The highest BCUT2D eigenvalue weighted by molar-refractivity contribution is 4.81. The van der Waals surface area contributed by atoms with E-state index in [0.717, 1.165) is 5.92 Å². The summed E-state index contributed by atoms with van der Waals surface area (Å²) in [6, 6.07) is 0. The molecule has 0 amide bonds. The topological polar surface area (TPSA) is 0 Å². The third-order valence-corrected chi connectivity index (χ3v) is 1.17. The van der Waals surface area contributed by atoms with Crippen LogP contribution in [0.1, 0.15) is 33.6 Å². The van der Waals surface area contributed by atoms with Gasteiger partial charge in [0.15, 0.2) is 0 Å². The van der Waals surface area contributed by atoms with Crippen LogP contribution in [-0.2, 0) is 0 Å². The molecule has 0 bridgehead atoms. The molecule has 0 fully saturated rings. The van der Waals surface area contributed by atoms with Gasteiger partial charge >= 0.3 is 0 Å². The van der Waals surface area contributed by atoms with Crippen molar-refractivity contribution in [2.45, 2.75) is 33.6 Å². The molecule has 0 unspecified atom stereocenters. The summed E-state index contributed by atoms with van der Waals surface area (Å²) in [5.41, 5.74) is 3.05. The van der Waals surface area contributed by atoms with E-state index in [4.69, 9.17) is 0 Å². The van der Waals surface area contributed by atoms with E-state index in [1.165, 1.54) is 12.8 Å². The zero-order chi connectivity index (χ0) is 7.11. The molecule has 0 spiro atoms. The Balaban J connectivity index is 3.20. The second-order valence-corrected chi connectivity index (χ2v) is 2.63. The third kappa shape index (κ3) is 7.52.